The standard InChI is InChI=1S/C14H15N3O2/c1-2-19-13-6-4-3-5-12(13)17-11-7-8-16-9-10(11)14(15)18/h3-9H,2H2,1H3,(H2,15,18)(H,16,17). The first-order chi connectivity index (χ1) is 9.22. The third kappa shape index (κ3) is 3.01. The summed E-state index contributed by atoms with van der Waals surface area (Å²) in [5.74, 6) is 0.196. The summed E-state index contributed by atoms with van der Waals surface area (Å²) in [5.41, 5.74) is 7.04. The van der Waals surface area contributed by atoms with Gasteiger partial charge in [-0.1, -0.05) is 12.1 Å². The molecule has 0 bridgehead atoms. The zero-order chi connectivity index (χ0) is 13.7. The number of aromatic nitrogens is 1. The van der Waals surface area contributed by atoms with Crippen LogP contribution in [-0.4, -0.2) is 17.5 Å². The van der Waals surface area contributed by atoms with Crippen molar-refractivity contribution in [3.05, 3.63) is 48.3 Å². The molecule has 1 heterocycles. The first-order valence-corrected chi connectivity index (χ1v) is 5.95. The number of hydrogen-bond donors (Lipinski definition) is 2. The van der Waals surface area contributed by atoms with Crippen molar-refractivity contribution < 1.29 is 9.53 Å². The molecule has 0 radical (unpaired) electrons. The minimum Gasteiger partial charge on any atom is -0.492 e. The van der Waals surface area contributed by atoms with Gasteiger partial charge in [-0.25, -0.2) is 0 Å². The van der Waals surface area contributed by atoms with Crippen molar-refractivity contribution in [1.29, 1.82) is 0 Å². The first kappa shape index (κ1) is 12.9. The zero-order valence-electron chi connectivity index (χ0n) is 10.6. The molecule has 1 aromatic carbocycles. The zero-order valence-corrected chi connectivity index (χ0v) is 10.6. The molecule has 0 fully saturated rings. The van der Waals surface area contributed by atoms with Crippen molar-refractivity contribution in [2.75, 3.05) is 11.9 Å². The lowest BCUT2D eigenvalue weighted by Gasteiger charge is -2.13. The van der Waals surface area contributed by atoms with Crippen molar-refractivity contribution in [2.45, 2.75) is 6.92 Å². The molecular weight excluding hydrogens is 242 g/mol. The Morgan fingerprint density at radius 2 is 2.11 bits per heavy atom. The number of carbonyl (C=O) groups is 1. The number of nitrogens with zero attached hydrogens (tertiary/aromatic N) is 1. The highest BCUT2D eigenvalue weighted by atomic mass is 16.5. The summed E-state index contributed by atoms with van der Waals surface area (Å²) in [5, 5.41) is 3.14. The molecule has 0 unspecified atom stereocenters. The van der Waals surface area contributed by atoms with E-state index < -0.39 is 5.91 Å². The number of benzene rings is 1. The summed E-state index contributed by atoms with van der Waals surface area (Å²) < 4.78 is 5.52. The molecule has 98 valence electrons. The number of amides is 1. The van der Waals surface area contributed by atoms with E-state index >= 15 is 0 Å². The molecular formula is C14H15N3O2. The molecule has 3 N–H and O–H groups in total. The lowest BCUT2D eigenvalue weighted by Crippen LogP contribution is -2.13. The molecule has 19 heavy (non-hydrogen) atoms. The molecule has 0 spiro atoms. The lowest BCUT2D eigenvalue weighted by molar-refractivity contribution is 0.100. The van der Waals surface area contributed by atoms with E-state index in [2.05, 4.69) is 10.3 Å². The third-order valence-electron chi connectivity index (χ3n) is 2.54. The van der Waals surface area contributed by atoms with Crippen LogP contribution in [-0.2, 0) is 0 Å². The Bertz CT molecular complexity index is 584. The Kier molecular flexibility index (Phi) is 3.97. The molecule has 0 aliphatic carbocycles. The number of anilines is 2. The van der Waals surface area contributed by atoms with Crippen molar-refractivity contribution in [1.82, 2.24) is 4.98 Å². The lowest BCUT2D eigenvalue weighted by atomic mass is 10.2. The van der Waals surface area contributed by atoms with Gasteiger partial charge in [0.05, 0.1) is 23.5 Å². The fourth-order valence-corrected chi connectivity index (χ4v) is 1.70. The largest absolute Gasteiger partial charge is 0.492 e. The maximum absolute atomic E-state index is 11.3. The van der Waals surface area contributed by atoms with Crippen LogP contribution in [0, 0.1) is 0 Å². The average Bonchev–Trinajstić information content (AvgIpc) is 2.42. The predicted octanol–water partition coefficient (Wildman–Crippen LogP) is 2.32. The number of para-hydroxylation sites is 2. The number of nitrogens with one attached hydrogen (secondary N) is 1. The smallest absolute Gasteiger partial charge is 0.252 e. The van der Waals surface area contributed by atoms with Gasteiger partial charge in [0.15, 0.2) is 0 Å². The van der Waals surface area contributed by atoms with Gasteiger partial charge in [-0.15, -0.1) is 0 Å². The summed E-state index contributed by atoms with van der Waals surface area (Å²) in [4.78, 5) is 15.2. The first-order valence-electron chi connectivity index (χ1n) is 5.95. The maximum atomic E-state index is 11.3. The Morgan fingerprint density at radius 3 is 2.84 bits per heavy atom. The fraction of sp³-hybridized carbons (Fsp3) is 0.143. The van der Waals surface area contributed by atoms with Crippen LogP contribution in [0.2, 0.25) is 0 Å². The van der Waals surface area contributed by atoms with E-state index in [1.165, 1.54) is 6.20 Å². The van der Waals surface area contributed by atoms with E-state index in [-0.39, 0.29) is 0 Å². The Morgan fingerprint density at radius 1 is 1.32 bits per heavy atom. The van der Waals surface area contributed by atoms with Crippen LogP contribution in [0.1, 0.15) is 17.3 Å². The Labute approximate surface area is 111 Å². The minimum atomic E-state index is -0.524. The van der Waals surface area contributed by atoms with Gasteiger partial charge < -0.3 is 15.8 Å². The molecule has 1 aromatic heterocycles. The average molecular weight is 257 g/mol. The molecule has 1 amide bonds. The second kappa shape index (κ2) is 5.86. The molecule has 5 nitrogen and oxygen atoms in total. The SMILES string of the molecule is CCOc1ccccc1Nc1ccncc1C(N)=O. The molecule has 0 saturated heterocycles. The molecule has 0 aliphatic heterocycles. The number of ether oxygens (including phenoxy) is 1. The number of primary amides is 1. The summed E-state index contributed by atoms with van der Waals surface area (Å²) >= 11 is 0. The molecule has 0 atom stereocenters. The van der Waals surface area contributed by atoms with Gasteiger partial charge in [-0.05, 0) is 25.1 Å². The second-order valence-electron chi connectivity index (χ2n) is 3.84. The minimum absolute atomic E-state index is 0.341. The van der Waals surface area contributed by atoms with Crippen molar-refractivity contribution >= 4 is 17.3 Å². The maximum Gasteiger partial charge on any atom is 0.252 e. The second-order valence-corrected chi connectivity index (χ2v) is 3.84. The van der Waals surface area contributed by atoms with E-state index in [0.717, 1.165) is 11.4 Å². The highest BCUT2D eigenvalue weighted by molar-refractivity contribution is 5.99. The summed E-state index contributed by atoms with van der Waals surface area (Å²) in [6.07, 6.45) is 3.03. The van der Waals surface area contributed by atoms with Gasteiger partial charge in [-0.3, -0.25) is 9.78 Å². The van der Waals surface area contributed by atoms with Crippen molar-refractivity contribution in [2.24, 2.45) is 5.73 Å². The number of nitrogens with two attached hydrogens (primary N) is 1. The van der Waals surface area contributed by atoms with E-state index in [1.54, 1.807) is 12.3 Å². The third-order valence-corrected chi connectivity index (χ3v) is 2.54. The Balaban J connectivity index is 2.34. The van der Waals surface area contributed by atoms with E-state index in [1.807, 2.05) is 31.2 Å². The highest BCUT2D eigenvalue weighted by Gasteiger charge is 2.10. The predicted molar refractivity (Wildman–Crippen MR) is 73.6 cm³/mol. The van der Waals surface area contributed by atoms with Crippen LogP contribution in [0.3, 0.4) is 0 Å². The van der Waals surface area contributed by atoms with E-state index in [0.29, 0.717) is 17.9 Å². The molecule has 0 aliphatic rings. The fourth-order valence-electron chi connectivity index (χ4n) is 1.70. The summed E-state index contributed by atoms with van der Waals surface area (Å²) in [6, 6.07) is 9.20. The van der Waals surface area contributed by atoms with Crippen molar-refractivity contribution in [3.63, 3.8) is 0 Å². The van der Waals surface area contributed by atoms with Crippen LogP contribution in [0.5, 0.6) is 5.75 Å². The van der Waals surface area contributed by atoms with Crippen LogP contribution >= 0.6 is 0 Å². The van der Waals surface area contributed by atoms with Gasteiger partial charge in [-0.2, -0.15) is 0 Å². The summed E-state index contributed by atoms with van der Waals surface area (Å²) in [7, 11) is 0. The van der Waals surface area contributed by atoms with Crippen molar-refractivity contribution in [3.8, 4) is 5.75 Å². The van der Waals surface area contributed by atoms with Gasteiger partial charge in [0.1, 0.15) is 5.75 Å². The topological polar surface area (TPSA) is 77.2 Å². The van der Waals surface area contributed by atoms with Crippen LogP contribution in [0.15, 0.2) is 42.7 Å². The van der Waals surface area contributed by atoms with Gasteiger partial charge >= 0.3 is 0 Å². The number of carbonyl (C=O) groups excluding carboxylic acids is 1. The summed E-state index contributed by atoms with van der Waals surface area (Å²) in [6.45, 7) is 2.48. The quantitative estimate of drug-likeness (QED) is 0.861. The van der Waals surface area contributed by atoms with Gasteiger partial charge in [0.25, 0.3) is 5.91 Å². The van der Waals surface area contributed by atoms with E-state index in [9.17, 15) is 4.79 Å². The van der Waals surface area contributed by atoms with Crippen LogP contribution < -0.4 is 15.8 Å². The number of pyridine rings is 1. The number of rotatable bonds is 5. The van der Waals surface area contributed by atoms with Gasteiger partial charge in [0, 0.05) is 12.4 Å². The normalized spacial score (nSPS) is 9.95. The van der Waals surface area contributed by atoms with Gasteiger partial charge in [0.2, 0.25) is 0 Å². The molecule has 2 aromatic rings. The Hall–Kier alpha value is -2.56. The van der Waals surface area contributed by atoms with Crippen LogP contribution in [0.25, 0.3) is 0 Å². The van der Waals surface area contributed by atoms with E-state index in [4.69, 9.17) is 10.5 Å². The molecule has 2 rings (SSSR count). The number of hydrogen-bond acceptors (Lipinski definition) is 4. The monoisotopic (exact) mass is 257 g/mol. The molecule has 5 heteroatoms. The highest BCUT2D eigenvalue weighted by Crippen LogP contribution is 2.28. The molecule has 0 saturated carbocycles. The van der Waals surface area contributed by atoms with Crippen LogP contribution in [0.4, 0.5) is 11.4 Å².